The highest BCUT2D eigenvalue weighted by Crippen LogP contribution is 2.35. The number of hydrogen-bond donors (Lipinski definition) is 1. The molecule has 0 heterocycles. The van der Waals surface area contributed by atoms with Crippen molar-refractivity contribution < 1.29 is 9.31 Å². The van der Waals surface area contributed by atoms with E-state index in [1.54, 1.807) is 6.07 Å². The molecule has 0 bridgehead atoms. The van der Waals surface area contributed by atoms with Crippen molar-refractivity contribution in [2.75, 3.05) is 5.32 Å². The van der Waals surface area contributed by atoms with Crippen LogP contribution < -0.4 is 5.32 Å². The molecule has 0 atom stereocenters. The smallest absolute Gasteiger partial charge is 0.272 e. The molecule has 0 saturated heterocycles. The van der Waals surface area contributed by atoms with E-state index in [-0.39, 0.29) is 28.1 Å². The summed E-state index contributed by atoms with van der Waals surface area (Å²) in [6.07, 6.45) is 0. The minimum atomic E-state index is -0.579. The number of nitro benzene ring substituents is 1. The third kappa shape index (κ3) is 3.84. The lowest BCUT2D eigenvalue weighted by molar-refractivity contribution is -0.384. The van der Waals surface area contributed by atoms with Crippen LogP contribution in [-0.4, -0.2) is 4.92 Å². The summed E-state index contributed by atoms with van der Waals surface area (Å²) >= 11 is 15.3. The number of nitrogens with zero attached hydrogens (tertiary/aromatic N) is 1. The SMILES string of the molecule is O=[N+]([O-])c1cc(Cl)c(NCc2cc(F)ccc2Br)c(Cl)c1. The molecule has 0 aliphatic carbocycles. The molecular weight excluding hydrogens is 386 g/mol. The zero-order valence-corrected chi connectivity index (χ0v) is 13.5. The predicted octanol–water partition coefficient (Wildman–Crippen LogP) is 5.42. The Morgan fingerprint density at radius 1 is 1.24 bits per heavy atom. The van der Waals surface area contributed by atoms with Gasteiger partial charge in [0.25, 0.3) is 5.69 Å². The molecule has 110 valence electrons. The molecule has 0 aliphatic rings. The van der Waals surface area contributed by atoms with Crippen LogP contribution in [0, 0.1) is 15.9 Å². The van der Waals surface area contributed by atoms with Crippen LogP contribution in [0.25, 0.3) is 0 Å². The van der Waals surface area contributed by atoms with Crippen LogP contribution >= 0.6 is 39.1 Å². The van der Waals surface area contributed by atoms with Gasteiger partial charge in [0.05, 0.1) is 20.7 Å². The van der Waals surface area contributed by atoms with Crippen molar-refractivity contribution in [3.63, 3.8) is 0 Å². The van der Waals surface area contributed by atoms with Crippen molar-refractivity contribution in [3.8, 4) is 0 Å². The van der Waals surface area contributed by atoms with Crippen molar-refractivity contribution in [1.29, 1.82) is 0 Å². The van der Waals surface area contributed by atoms with Gasteiger partial charge in [-0.05, 0) is 23.8 Å². The summed E-state index contributed by atoms with van der Waals surface area (Å²) in [4.78, 5) is 10.1. The number of non-ortho nitro benzene ring substituents is 1. The van der Waals surface area contributed by atoms with Gasteiger partial charge in [0.15, 0.2) is 0 Å². The van der Waals surface area contributed by atoms with Gasteiger partial charge >= 0.3 is 0 Å². The first-order chi connectivity index (χ1) is 9.88. The minimum absolute atomic E-state index is 0.127. The summed E-state index contributed by atoms with van der Waals surface area (Å²) in [5, 5.41) is 13.9. The maximum Gasteiger partial charge on any atom is 0.272 e. The van der Waals surface area contributed by atoms with Crippen molar-refractivity contribution >= 4 is 50.5 Å². The van der Waals surface area contributed by atoms with Gasteiger partial charge in [0.2, 0.25) is 0 Å². The third-order valence-corrected chi connectivity index (χ3v) is 4.07. The molecule has 1 N–H and O–H groups in total. The van der Waals surface area contributed by atoms with Gasteiger partial charge in [-0.2, -0.15) is 0 Å². The zero-order valence-electron chi connectivity index (χ0n) is 10.4. The number of nitrogens with one attached hydrogen (secondary N) is 1. The predicted molar refractivity (Wildman–Crippen MR) is 84.5 cm³/mol. The Balaban J connectivity index is 2.24. The molecule has 0 fully saturated rings. The van der Waals surface area contributed by atoms with Crippen LogP contribution in [0.15, 0.2) is 34.8 Å². The molecule has 2 aromatic rings. The normalized spacial score (nSPS) is 10.5. The maximum absolute atomic E-state index is 13.2. The molecule has 4 nitrogen and oxygen atoms in total. The first-order valence-corrected chi connectivity index (χ1v) is 7.24. The molecule has 0 aromatic heterocycles. The lowest BCUT2D eigenvalue weighted by atomic mass is 10.2. The van der Waals surface area contributed by atoms with Gasteiger partial charge in [-0.3, -0.25) is 10.1 Å². The number of nitro groups is 1. The standard InChI is InChI=1S/C13H8BrCl2FN2O2/c14-10-2-1-8(17)3-7(10)6-18-13-11(15)4-9(19(20)21)5-12(13)16/h1-5,18H,6H2. The Labute approximate surface area is 138 Å². The molecule has 0 spiro atoms. The highest BCUT2D eigenvalue weighted by molar-refractivity contribution is 9.10. The lowest BCUT2D eigenvalue weighted by Crippen LogP contribution is -2.02. The number of halogens is 4. The molecule has 0 unspecified atom stereocenters. The second kappa shape index (κ2) is 6.60. The quantitative estimate of drug-likeness (QED) is 0.557. The van der Waals surface area contributed by atoms with Gasteiger partial charge in [0.1, 0.15) is 5.82 Å². The Hall–Kier alpha value is -1.37. The zero-order chi connectivity index (χ0) is 15.6. The van der Waals surface area contributed by atoms with Crippen LogP contribution in [0.5, 0.6) is 0 Å². The van der Waals surface area contributed by atoms with Crippen molar-refractivity contribution in [3.05, 3.63) is 66.3 Å². The van der Waals surface area contributed by atoms with Gasteiger partial charge in [0, 0.05) is 23.2 Å². The molecule has 2 rings (SSSR count). The fourth-order valence-electron chi connectivity index (χ4n) is 1.70. The van der Waals surface area contributed by atoms with Crippen molar-refractivity contribution in [1.82, 2.24) is 0 Å². The second-order valence-corrected chi connectivity index (χ2v) is 5.80. The largest absolute Gasteiger partial charge is 0.379 e. The minimum Gasteiger partial charge on any atom is -0.379 e. The van der Waals surface area contributed by atoms with Crippen molar-refractivity contribution in [2.45, 2.75) is 6.54 Å². The Morgan fingerprint density at radius 2 is 1.86 bits per heavy atom. The highest BCUT2D eigenvalue weighted by Gasteiger charge is 2.14. The van der Waals surface area contributed by atoms with E-state index in [1.165, 1.54) is 24.3 Å². The number of anilines is 1. The van der Waals surface area contributed by atoms with E-state index in [9.17, 15) is 14.5 Å². The molecule has 21 heavy (non-hydrogen) atoms. The van der Waals surface area contributed by atoms with Crippen LogP contribution in [0.2, 0.25) is 10.0 Å². The Kier molecular flexibility index (Phi) is 5.03. The van der Waals surface area contributed by atoms with E-state index in [0.717, 1.165) is 4.47 Å². The maximum atomic E-state index is 13.2. The second-order valence-electron chi connectivity index (χ2n) is 4.13. The average molecular weight is 394 g/mol. The Bertz CT molecular complexity index is 690. The monoisotopic (exact) mass is 392 g/mol. The van der Waals surface area contributed by atoms with Gasteiger partial charge in [-0.1, -0.05) is 39.1 Å². The average Bonchev–Trinajstić information content (AvgIpc) is 2.41. The van der Waals surface area contributed by atoms with Crippen LogP contribution in [0.1, 0.15) is 5.56 Å². The number of rotatable bonds is 4. The third-order valence-electron chi connectivity index (χ3n) is 2.70. The first kappa shape index (κ1) is 16.0. The molecule has 8 heteroatoms. The Morgan fingerprint density at radius 3 is 2.43 bits per heavy atom. The van der Waals surface area contributed by atoms with Gasteiger partial charge in [-0.15, -0.1) is 0 Å². The summed E-state index contributed by atoms with van der Waals surface area (Å²) in [7, 11) is 0. The lowest BCUT2D eigenvalue weighted by Gasteiger charge is -2.11. The summed E-state index contributed by atoms with van der Waals surface area (Å²) in [5.74, 6) is -0.365. The summed E-state index contributed by atoms with van der Waals surface area (Å²) in [5.41, 5.74) is 0.836. The van der Waals surface area contributed by atoms with E-state index in [1.807, 2.05) is 0 Å². The topological polar surface area (TPSA) is 55.2 Å². The van der Waals surface area contributed by atoms with Crippen LogP contribution in [0.4, 0.5) is 15.8 Å². The summed E-state index contributed by atoms with van der Waals surface area (Å²) in [6, 6.07) is 6.70. The number of hydrogen-bond acceptors (Lipinski definition) is 3. The van der Waals surface area contributed by atoms with E-state index in [2.05, 4.69) is 21.2 Å². The van der Waals surface area contributed by atoms with E-state index in [0.29, 0.717) is 11.3 Å². The molecule has 0 radical (unpaired) electrons. The molecule has 2 aromatic carbocycles. The highest BCUT2D eigenvalue weighted by atomic mass is 79.9. The van der Waals surface area contributed by atoms with E-state index >= 15 is 0 Å². The molecule has 0 saturated carbocycles. The first-order valence-electron chi connectivity index (χ1n) is 5.69. The van der Waals surface area contributed by atoms with Crippen molar-refractivity contribution in [2.24, 2.45) is 0 Å². The molecule has 0 aliphatic heterocycles. The summed E-state index contributed by atoms with van der Waals surface area (Å²) < 4.78 is 13.9. The van der Waals surface area contributed by atoms with Gasteiger partial charge in [-0.25, -0.2) is 4.39 Å². The van der Waals surface area contributed by atoms with Gasteiger partial charge < -0.3 is 5.32 Å². The molecule has 0 amide bonds. The number of benzene rings is 2. The fraction of sp³-hybridized carbons (Fsp3) is 0.0769. The molecular formula is C13H8BrCl2FN2O2. The van der Waals surface area contributed by atoms with Crippen LogP contribution in [-0.2, 0) is 6.54 Å². The summed E-state index contributed by atoms with van der Waals surface area (Å²) in [6.45, 7) is 0.260. The van der Waals surface area contributed by atoms with E-state index in [4.69, 9.17) is 23.2 Å². The fourth-order valence-corrected chi connectivity index (χ4v) is 2.69. The van der Waals surface area contributed by atoms with E-state index < -0.39 is 4.92 Å². The van der Waals surface area contributed by atoms with Crippen LogP contribution in [0.3, 0.4) is 0 Å².